The van der Waals surface area contributed by atoms with Gasteiger partial charge in [0.05, 0.1) is 12.7 Å². The van der Waals surface area contributed by atoms with Gasteiger partial charge in [-0.3, -0.25) is 4.79 Å². The maximum atomic E-state index is 12.3. The minimum absolute atomic E-state index is 0.235. The van der Waals surface area contributed by atoms with Crippen molar-refractivity contribution in [3.05, 3.63) is 29.3 Å². The fraction of sp³-hybridized carbons (Fsp3) is 0.562. The molecule has 0 heterocycles. The van der Waals surface area contributed by atoms with E-state index in [4.69, 9.17) is 4.74 Å². The van der Waals surface area contributed by atoms with E-state index >= 15 is 0 Å². The monoisotopic (exact) mass is 246 g/mol. The molecule has 0 saturated heterocycles. The van der Waals surface area contributed by atoms with Crippen molar-refractivity contribution in [1.82, 2.24) is 0 Å². The van der Waals surface area contributed by atoms with E-state index in [1.165, 1.54) is 32.1 Å². The first-order chi connectivity index (χ1) is 8.70. The van der Waals surface area contributed by atoms with Gasteiger partial charge >= 0.3 is 0 Å². The van der Waals surface area contributed by atoms with E-state index in [0.717, 1.165) is 16.9 Å². The van der Waals surface area contributed by atoms with Crippen LogP contribution in [0.3, 0.4) is 0 Å². The van der Waals surface area contributed by atoms with Crippen LogP contribution in [0, 0.1) is 12.8 Å². The molecule has 0 aromatic heterocycles. The Morgan fingerprint density at radius 3 is 2.67 bits per heavy atom. The van der Waals surface area contributed by atoms with Crippen LogP contribution < -0.4 is 4.74 Å². The molecule has 2 nitrogen and oxygen atoms in total. The number of hydrogen-bond acceptors (Lipinski definition) is 2. The van der Waals surface area contributed by atoms with Crippen molar-refractivity contribution in [2.24, 2.45) is 5.92 Å². The van der Waals surface area contributed by atoms with Crippen LogP contribution in [0.4, 0.5) is 0 Å². The molecule has 1 fully saturated rings. The first kappa shape index (κ1) is 13.1. The molecule has 2 rings (SSSR count). The topological polar surface area (TPSA) is 26.3 Å². The second-order valence-corrected chi connectivity index (χ2v) is 5.34. The summed E-state index contributed by atoms with van der Waals surface area (Å²) in [5.74, 6) is 1.53. The van der Waals surface area contributed by atoms with Gasteiger partial charge in [-0.15, -0.1) is 0 Å². The maximum absolute atomic E-state index is 12.3. The Kier molecular flexibility index (Phi) is 4.40. The third-order valence-corrected chi connectivity index (χ3v) is 3.86. The van der Waals surface area contributed by atoms with E-state index < -0.39 is 0 Å². The summed E-state index contributed by atoms with van der Waals surface area (Å²) >= 11 is 0. The molecule has 1 aromatic rings. The van der Waals surface area contributed by atoms with Crippen LogP contribution in [-0.2, 0) is 0 Å². The van der Waals surface area contributed by atoms with Crippen LogP contribution in [0.1, 0.15) is 54.4 Å². The number of carbonyl (C=O) groups is 1. The van der Waals surface area contributed by atoms with Crippen LogP contribution >= 0.6 is 0 Å². The van der Waals surface area contributed by atoms with Crippen LogP contribution in [0.15, 0.2) is 18.2 Å². The lowest BCUT2D eigenvalue weighted by molar-refractivity contribution is 0.0947. The highest BCUT2D eigenvalue weighted by Crippen LogP contribution is 2.29. The number of hydrogen-bond donors (Lipinski definition) is 0. The van der Waals surface area contributed by atoms with E-state index in [1.54, 1.807) is 7.11 Å². The number of methoxy groups -OCH3 is 1. The van der Waals surface area contributed by atoms with Gasteiger partial charge < -0.3 is 4.74 Å². The summed E-state index contributed by atoms with van der Waals surface area (Å²) in [5.41, 5.74) is 1.87. The molecule has 0 bridgehead atoms. The third-order valence-electron chi connectivity index (χ3n) is 3.86. The Balaban J connectivity index is 2.08. The maximum Gasteiger partial charge on any atom is 0.166 e. The zero-order valence-corrected chi connectivity index (χ0v) is 11.4. The Morgan fingerprint density at radius 2 is 2.00 bits per heavy atom. The average Bonchev–Trinajstić information content (AvgIpc) is 2.39. The minimum atomic E-state index is 0.235. The minimum Gasteiger partial charge on any atom is -0.496 e. The lowest BCUT2D eigenvalue weighted by Crippen LogP contribution is -2.13. The van der Waals surface area contributed by atoms with Crippen molar-refractivity contribution >= 4 is 5.78 Å². The molecule has 1 saturated carbocycles. The Hall–Kier alpha value is -1.31. The molecule has 0 amide bonds. The van der Waals surface area contributed by atoms with Gasteiger partial charge in [0.15, 0.2) is 5.78 Å². The molecule has 18 heavy (non-hydrogen) atoms. The van der Waals surface area contributed by atoms with Crippen molar-refractivity contribution in [2.75, 3.05) is 7.11 Å². The third kappa shape index (κ3) is 3.12. The van der Waals surface area contributed by atoms with E-state index in [-0.39, 0.29) is 5.78 Å². The lowest BCUT2D eigenvalue weighted by atomic mass is 9.84. The number of ketones is 1. The van der Waals surface area contributed by atoms with Gasteiger partial charge in [0, 0.05) is 6.42 Å². The lowest BCUT2D eigenvalue weighted by Gasteiger charge is -2.21. The molecule has 0 atom stereocenters. The molecule has 0 aliphatic heterocycles. The van der Waals surface area contributed by atoms with Crippen LogP contribution in [0.25, 0.3) is 0 Å². The zero-order valence-electron chi connectivity index (χ0n) is 11.4. The van der Waals surface area contributed by atoms with Gasteiger partial charge in [-0.2, -0.15) is 0 Å². The number of aryl methyl sites for hydroxylation is 1. The van der Waals surface area contributed by atoms with Crippen LogP contribution in [0.2, 0.25) is 0 Å². The van der Waals surface area contributed by atoms with E-state index in [1.807, 2.05) is 25.1 Å². The van der Waals surface area contributed by atoms with Gasteiger partial charge in [-0.1, -0.05) is 38.2 Å². The highest BCUT2D eigenvalue weighted by atomic mass is 16.5. The molecule has 1 aromatic carbocycles. The smallest absolute Gasteiger partial charge is 0.166 e. The molecule has 1 aliphatic carbocycles. The van der Waals surface area contributed by atoms with Gasteiger partial charge in [0.2, 0.25) is 0 Å². The predicted octanol–water partition coefficient (Wildman–Crippen LogP) is 4.16. The Bertz CT molecular complexity index is 417. The fourth-order valence-corrected chi connectivity index (χ4v) is 2.79. The second kappa shape index (κ2) is 6.03. The van der Waals surface area contributed by atoms with Crippen molar-refractivity contribution in [1.29, 1.82) is 0 Å². The van der Waals surface area contributed by atoms with E-state index in [0.29, 0.717) is 12.3 Å². The molecule has 0 N–H and O–H groups in total. The largest absolute Gasteiger partial charge is 0.496 e. The fourth-order valence-electron chi connectivity index (χ4n) is 2.79. The molecule has 0 spiro atoms. The van der Waals surface area contributed by atoms with E-state index in [9.17, 15) is 4.79 Å². The van der Waals surface area contributed by atoms with Crippen molar-refractivity contribution in [3.63, 3.8) is 0 Å². The molecule has 98 valence electrons. The number of benzene rings is 1. The zero-order chi connectivity index (χ0) is 13.0. The van der Waals surface area contributed by atoms with Gasteiger partial charge in [-0.25, -0.2) is 0 Å². The summed E-state index contributed by atoms with van der Waals surface area (Å²) in [6, 6.07) is 5.82. The normalized spacial score (nSPS) is 16.6. The van der Waals surface area contributed by atoms with Crippen LogP contribution in [0.5, 0.6) is 5.75 Å². The Labute approximate surface area is 109 Å². The predicted molar refractivity (Wildman–Crippen MR) is 73.3 cm³/mol. The Morgan fingerprint density at radius 1 is 1.28 bits per heavy atom. The van der Waals surface area contributed by atoms with Gasteiger partial charge in [0.1, 0.15) is 5.75 Å². The number of Topliss-reactive ketones (excluding diaryl/α,β-unsaturated/α-hetero) is 1. The quantitative estimate of drug-likeness (QED) is 0.746. The molecule has 2 heteroatoms. The van der Waals surface area contributed by atoms with Crippen molar-refractivity contribution in [2.45, 2.75) is 45.4 Å². The number of rotatable bonds is 4. The summed E-state index contributed by atoms with van der Waals surface area (Å²) in [6.07, 6.45) is 6.99. The van der Waals surface area contributed by atoms with Crippen molar-refractivity contribution < 1.29 is 9.53 Å². The van der Waals surface area contributed by atoms with Crippen LogP contribution in [-0.4, -0.2) is 12.9 Å². The molecule has 0 unspecified atom stereocenters. The van der Waals surface area contributed by atoms with Crippen molar-refractivity contribution in [3.8, 4) is 5.75 Å². The molecular formula is C16H22O2. The average molecular weight is 246 g/mol. The first-order valence-electron chi connectivity index (χ1n) is 6.88. The summed E-state index contributed by atoms with van der Waals surface area (Å²) in [4.78, 5) is 12.3. The summed E-state index contributed by atoms with van der Waals surface area (Å²) in [7, 11) is 1.63. The summed E-state index contributed by atoms with van der Waals surface area (Å²) in [6.45, 7) is 2.01. The highest BCUT2D eigenvalue weighted by Gasteiger charge is 2.20. The molecule has 1 aliphatic rings. The highest BCUT2D eigenvalue weighted by molar-refractivity contribution is 5.98. The summed E-state index contributed by atoms with van der Waals surface area (Å²) < 4.78 is 5.32. The first-order valence-corrected chi connectivity index (χ1v) is 6.88. The number of carbonyl (C=O) groups excluding carboxylic acids is 1. The standard InChI is InChI=1S/C16H22O2/c1-12-8-9-14(16(10-12)18-2)15(17)11-13-6-4-3-5-7-13/h8-10,13H,3-7,11H2,1-2H3. The summed E-state index contributed by atoms with van der Waals surface area (Å²) in [5, 5.41) is 0. The molecule has 0 radical (unpaired) electrons. The van der Waals surface area contributed by atoms with Gasteiger partial charge in [-0.05, 0) is 30.5 Å². The van der Waals surface area contributed by atoms with E-state index in [2.05, 4.69) is 0 Å². The molecular weight excluding hydrogens is 224 g/mol. The number of ether oxygens (including phenoxy) is 1. The second-order valence-electron chi connectivity index (χ2n) is 5.34. The van der Waals surface area contributed by atoms with Gasteiger partial charge in [0.25, 0.3) is 0 Å². The SMILES string of the molecule is COc1cc(C)ccc1C(=O)CC1CCCCC1.